The molecule has 0 bridgehead atoms. The van der Waals surface area contributed by atoms with Crippen molar-refractivity contribution in [3.8, 4) is 10.4 Å². The highest BCUT2D eigenvalue weighted by atomic mass is 32.1. The highest BCUT2D eigenvalue weighted by Crippen LogP contribution is 2.32. The number of carboxylic acid groups (broad SMARTS) is 1. The fourth-order valence-corrected chi connectivity index (χ4v) is 4.47. The largest absolute Gasteiger partial charge is 0.477 e. The topological polar surface area (TPSA) is 87.6 Å². The first-order valence-corrected chi connectivity index (χ1v) is 10.8. The molecule has 1 fully saturated rings. The summed E-state index contributed by atoms with van der Waals surface area (Å²) in [6.07, 6.45) is 1.54. The summed E-state index contributed by atoms with van der Waals surface area (Å²) in [5.41, 5.74) is 3.87. The Morgan fingerprint density at radius 3 is 2.58 bits per heavy atom. The number of fused-ring (bicyclic) bond motifs is 1. The first-order chi connectivity index (χ1) is 15.2. The Bertz CT molecular complexity index is 1230. The van der Waals surface area contributed by atoms with E-state index in [-0.39, 0.29) is 0 Å². The van der Waals surface area contributed by atoms with Gasteiger partial charge in [0.15, 0.2) is 0 Å². The van der Waals surface area contributed by atoms with E-state index in [1.807, 2.05) is 36.4 Å². The van der Waals surface area contributed by atoms with Gasteiger partial charge in [-0.05, 0) is 54.1 Å². The van der Waals surface area contributed by atoms with Gasteiger partial charge in [0.1, 0.15) is 17.0 Å². The molecule has 0 amide bonds. The minimum Gasteiger partial charge on any atom is -0.477 e. The molecule has 3 heterocycles. The fourth-order valence-electron chi connectivity index (χ4n) is 3.63. The molecule has 5 rings (SSSR count). The molecular weight excluding hydrogens is 412 g/mol. The summed E-state index contributed by atoms with van der Waals surface area (Å²) in [5.74, 6) is -0.204. The molecule has 0 spiro atoms. The Kier molecular flexibility index (Phi) is 5.23. The van der Waals surface area contributed by atoms with Crippen LogP contribution in [0.4, 0.5) is 17.2 Å². The smallest absolute Gasteiger partial charge is 0.345 e. The van der Waals surface area contributed by atoms with Gasteiger partial charge in [0.25, 0.3) is 0 Å². The summed E-state index contributed by atoms with van der Waals surface area (Å²) in [4.78, 5) is 23.5. The molecule has 0 saturated carbocycles. The summed E-state index contributed by atoms with van der Waals surface area (Å²) in [5, 5.41) is 13.5. The van der Waals surface area contributed by atoms with E-state index in [0.717, 1.165) is 53.3 Å². The van der Waals surface area contributed by atoms with Crippen molar-refractivity contribution in [3.05, 3.63) is 65.8 Å². The molecule has 1 saturated heterocycles. The summed E-state index contributed by atoms with van der Waals surface area (Å²) < 4.78 is 5.42. The zero-order chi connectivity index (χ0) is 21.2. The number of hydrogen-bond donors (Lipinski definition) is 2. The number of carbonyl (C=O) groups is 1. The van der Waals surface area contributed by atoms with E-state index in [1.54, 1.807) is 12.4 Å². The fraction of sp³-hybridized carbons (Fsp3) is 0.174. The van der Waals surface area contributed by atoms with E-state index < -0.39 is 5.97 Å². The molecule has 0 radical (unpaired) electrons. The Balaban J connectivity index is 1.43. The van der Waals surface area contributed by atoms with Crippen LogP contribution >= 0.6 is 11.3 Å². The Labute approximate surface area is 183 Å². The average molecular weight is 433 g/mol. The number of aromatic carboxylic acids is 1. The van der Waals surface area contributed by atoms with E-state index in [9.17, 15) is 9.90 Å². The van der Waals surface area contributed by atoms with Gasteiger partial charge < -0.3 is 20.1 Å². The first kappa shape index (κ1) is 19.5. The third-order valence-electron chi connectivity index (χ3n) is 5.24. The average Bonchev–Trinajstić information content (AvgIpc) is 3.31. The van der Waals surface area contributed by atoms with Crippen molar-refractivity contribution in [2.24, 2.45) is 0 Å². The van der Waals surface area contributed by atoms with Crippen LogP contribution in [0.2, 0.25) is 0 Å². The van der Waals surface area contributed by atoms with Gasteiger partial charge >= 0.3 is 5.97 Å². The maximum absolute atomic E-state index is 11.2. The van der Waals surface area contributed by atoms with Crippen molar-refractivity contribution in [2.45, 2.75) is 0 Å². The SMILES string of the molecule is O=C(O)c1ccc(-c2ccc3ncnc(Nc4ccc(N5CCOCC5)cc4)c3c2)s1. The molecule has 8 heteroatoms. The van der Waals surface area contributed by atoms with Crippen LogP contribution in [-0.4, -0.2) is 47.3 Å². The number of ether oxygens (including phenoxy) is 1. The van der Waals surface area contributed by atoms with E-state index >= 15 is 0 Å². The van der Waals surface area contributed by atoms with E-state index in [4.69, 9.17) is 4.74 Å². The summed E-state index contributed by atoms with van der Waals surface area (Å²) in [6.45, 7) is 3.32. The van der Waals surface area contributed by atoms with Crippen LogP contribution in [0.5, 0.6) is 0 Å². The third kappa shape index (κ3) is 4.08. The predicted molar refractivity (Wildman–Crippen MR) is 123 cm³/mol. The van der Waals surface area contributed by atoms with Gasteiger partial charge in [0.2, 0.25) is 0 Å². The summed E-state index contributed by atoms with van der Waals surface area (Å²) >= 11 is 1.25. The molecule has 0 unspecified atom stereocenters. The monoisotopic (exact) mass is 432 g/mol. The molecule has 1 aliphatic rings. The van der Waals surface area contributed by atoms with Gasteiger partial charge in [0, 0.05) is 34.7 Å². The van der Waals surface area contributed by atoms with Crippen molar-refractivity contribution in [1.82, 2.24) is 9.97 Å². The summed E-state index contributed by atoms with van der Waals surface area (Å²) in [7, 11) is 0. The number of hydrogen-bond acceptors (Lipinski definition) is 7. The number of nitrogens with zero attached hydrogens (tertiary/aromatic N) is 3. The van der Waals surface area contributed by atoms with Crippen LogP contribution in [0.25, 0.3) is 21.3 Å². The Morgan fingerprint density at radius 1 is 1.03 bits per heavy atom. The quantitative estimate of drug-likeness (QED) is 0.475. The maximum atomic E-state index is 11.2. The van der Waals surface area contributed by atoms with Crippen LogP contribution in [0.3, 0.4) is 0 Å². The van der Waals surface area contributed by atoms with Gasteiger partial charge in [0.05, 0.1) is 18.7 Å². The van der Waals surface area contributed by atoms with Crippen LogP contribution in [0.15, 0.2) is 60.9 Å². The number of carboxylic acids is 1. The second kappa shape index (κ2) is 8.33. The second-order valence-corrected chi connectivity index (χ2v) is 8.28. The zero-order valence-corrected chi connectivity index (χ0v) is 17.4. The highest BCUT2D eigenvalue weighted by molar-refractivity contribution is 7.17. The van der Waals surface area contributed by atoms with Gasteiger partial charge in [-0.25, -0.2) is 14.8 Å². The number of rotatable bonds is 5. The van der Waals surface area contributed by atoms with Crippen molar-refractivity contribution in [2.75, 3.05) is 36.5 Å². The van der Waals surface area contributed by atoms with Gasteiger partial charge in [-0.1, -0.05) is 6.07 Å². The van der Waals surface area contributed by atoms with Crippen molar-refractivity contribution < 1.29 is 14.6 Å². The number of nitrogens with one attached hydrogen (secondary N) is 1. The van der Waals surface area contributed by atoms with Crippen molar-refractivity contribution >= 4 is 45.4 Å². The molecule has 1 aliphatic heterocycles. The minimum atomic E-state index is -0.914. The molecule has 156 valence electrons. The normalized spacial score (nSPS) is 14.0. The predicted octanol–water partition coefficient (Wildman–Crippen LogP) is 4.64. The minimum absolute atomic E-state index is 0.318. The molecular formula is C23H20N4O3S. The van der Waals surface area contributed by atoms with Crippen LogP contribution in [0, 0.1) is 0 Å². The molecule has 7 nitrogen and oxygen atoms in total. The third-order valence-corrected chi connectivity index (χ3v) is 6.37. The lowest BCUT2D eigenvalue weighted by Crippen LogP contribution is -2.36. The Morgan fingerprint density at radius 2 is 1.84 bits per heavy atom. The molecule has 0 aliphatic carbocycles. The van der Waals surface area contributed by atoms with Crippen molar-refractivity contribution in [1.29, 1.82) is 0 Å². The molecule has 0 atom stereocenters. The highest BCUT2D eigenvalue weighted by Gasteiger charge is 2.13. The van der Waals surface area contributed by atoms with Crippen LogP contribution < -0.4 is 10.2 Å². The van der Waals surface area contributed by atoms with E-state index in [2.05, 4.69) is 32.3 Å². The number of benzene rings is 2. The van der Waals surface area contributed by atoms with Crippen molar-refractivity contribution in [3.63, 3.8) is 0 Å². The molecule has 31 heavy (non-hydrogen) atoms. The lowest BCUT2D eigenvalue weighted by atomic mass is 10.1. The summed E-state index contributed by atoms with van der Waals surface area (Å²) in [6, 6.07) is 17.6. The number of anilines is 3. The number of thiophene rings is 1. The van der Waals surface area contributed by atoms with Crippen LogP contribution in [-0.2, 0) is 4.74 Å². The molecule has 4 aromatic rings. The van der Waals surface area contributed by atoms with Gasteiger partial charge in [-0.15, -0.1) is 11.3 Å². The van der Waals surface area contributed by atoms with Gasteiger partial charge in [-0.3, -0.25) is 0 Å². The lowest BCUT2D eigenvalue weighted by molar-refractivity contribution is 0.0702. The maximum Gasteiger partial charge on any atom is 0.345 e. The second-order valence-electron chi connectivity index (χ2n) is 7.19. The number of morpholine rings is 1. The standard InChI is InChI=1S/C23H20N4O3S/c28-23(29)21-8-7-20(31-21)15-1-6-19-18(13-15)22(25-14-24-19)26-16-2-4-17(5-3-16)27-9-11-30-12-10-27/h1-8,13-14H,9-12H2,(H,28,29)(H,24,25,26). The number of aromatic nitrogens is 2. The molecule has 2 aromatic heterocycles. The van der Waals surface area contributed by atoms with E-state index in [1.165, 1.54) is 17.0 Å². The first-order valence-electron chi connectivity index (χ1n) is 9.95. The molecule has 2 aromatic carbocycles. The molecule has 2 N–H and O–H groups in total. The van der Waals surface area contributed by atoms with Gasteiger partial charge in [-0.2, -0.15) is 0 Å². The van der Waals surface area contributed by atoms with Crippen LogP contribution in [0.1, 0.15) is 9.67 Å². The lowest BCUT2D eigenvalue weighted by Gasteiger charge is -2.28. The Hall–Kier alpha value is -3.49. The zero-order valence-electron chi connectivity index (χ0n) is 16.6. The van der Waals surface area contributed by atoms with E-state index in [0.29, 0.717) is 10.7 Å².